The van der Waals surface area contributed by atoms with Gasteiger partial charge in [0.25, 0.3) is 0 Å². The molecule has 4 nitrogen and oxygen atoms in total. The second kappa shape index (κ2) is 6.13. The van der Waals surface area contributed by atoms with Crippen molar-refractivity contribution in [1.82, 2.24) is 10.2 Å². The standard InChI is InChI=1S/C14H20BrN3OS/c15-10-5-13(20-8-10)12(6-16)18-4-3-11-9(7-18)1-2-14(19)17-11/h5,8-9,11-12H,1-4,6-7,16H2,(H,17,19). The Morgan fingerprint density at radius 1 is 1.55 bits per heavy atom. The average molecular weight is 358 g/mol. The molecule has 2 fully saturated rings. The van der Waals surface area contributed by atoms with Gasteiger partial charge in [0, 0.05) is 46.8 Å². The van der Waals surface area contributed by atoms with Crippen molar-refractivity contribution in [2.24, 2.45) is 11.7 Å². The molecular formula is C14H20BrN3OS. The summed E-state index contributed by atoms with van der Waals surface area (Å²) in [6.45, 7) is 2.71. The van der Waals surface area contributed by atoms with Gasteiger partial charge < -0.3 is 11.1 Å². The quantitative estimate of drug-likeness (QED) is 0.870. The van der Waals surface area contributed by atoms with Crippen LogP contribution in [0.25, 0.3) is 0 Å². The number of fused-ring (bicyclic) bond motifs is 1. The molecule has 3 atom stereocenters. The van der Waals surface area contributed by atoms with E-state index in [1.807, 2.05) is 0 Å². The molecule has 0 aromatic carbocycles. The number of rotatable bonds is 3. The molecule has 2 saturated heterocycles. The number of carbonyl (C=O) groups excluding carboxylic acids is 1. The lowest BCUT2D eigenvalue weighted by atomic mass is 9.84. The number of amides is 1. The third-order valence-corrected chi connectivity index (χ3v) is 6.23. The Kier molecular flexibility index (Phi) is 4.45. The second-order valence-corrected chi connectivity index (χ2v) is 7.53. The van der Waals surface area contributed by atoms with Gasteiger partial charge in [-0.25, -0.2) is 0 Å². The van der Waals surface area contributed by atoms with Crippen LogP contribution in [0.3, 0.4) is 0 Å². The molecule has 0 spiro atoms. The van der Waals surface area contributed by atoms with Gasteiger partial charge in [-0.3, -0.25) is 9.69 Å². The molecule has 3 unspecified atom stereocenters. The average Bonchev–Trinajstić information content (AvgIpc) is 2.86. The molecule has 6 heteroatoms. The Balaban J connectivity index is 1.70. The number of halogens is 1. The van der Waals surface area contributed by atoms with E-state index in [2.05, 4.69) is 37.6 Å². The Morgan fingerprint density at radius 2 is 2.40 bits per heavy atom. The lowest BCUT2D eigenvalue weighted by Crippen LogP contribution is -2.55. The van der Waals surface area contributed by atoms with E-state index in [0.29, 0.717) is 31.0 Å². The number of thiophene rings is 1. The third-order valence-electron chi connectivity index (χ3n) is 4.43. The van der Waals surface area contributed by atoms with Crippen molar-refractivity contribution in [1.29, 1.82) is 0 Å². The molecule has 2 aliphatic rings. The summed E-state index contributed by atoms with van der Waals surface area (Å²) in [4.78, 5) is 15.3. The van der Waals surface area contributed by atoms with Gasteiger partial charge in [0.1, 0.15) is 0 Å². The minimum absolute atomic E-state index is 0.220. The first-order chi connectivity index (χ1) is 9.67. The zero-order valence-electron chi connectivity index (χ0n) is 11.3. The SMILES string of the molecule is NCC(c1cc(Br)cs1)N1CCC2NC(=O)CCC2C1. The lowest BCUT2D eigenvalue weighted by Gasteiger charge is -2.44. The van der Waals surface area contributed by atoms with Crippen molar-refractivity contribution in [3.8, 4) is 0 Å². The van der Waals surface area contributed by atoms with Gasteiger partial charge in [-0.15, -0.1) is 11.3 Å². The van der Waals surface area contributed by atoms with E-state index in [9.17, 15) is 4.79 Å². The maximum Gasteiger partial charge on any atom is 0.220 e. The van der Waals surface area contributed by atoms with Crippen LogP contribution in [0.5, 0.6) is 0 Å². The van der Waals surface area contributed by atoms with Gasteiger partial charge in [-0.2, -0.15) is 0 Å². The number of nitrogens with two attached hydrogens (primary N) is 1. The van der Waals surface area contributed by atoms with E-state index in [4.69, 9.17) is 5.73 Å². The highest BCUT2D eigenvalue weighted by atomic mass is 79.9. The Morgan fingerprint density at radius 3 is 3.10 bits per heavy atom. The first-order valence-electron chi connectivity index (χ1n) is 7.15. The molecule has 0 aliphatic carbocycles. The van der Waals surface area contributed by atoms with Crippen LogP contribution < -0.4 is 11.1 Å². The summed E-state index contributed by atoms with van der Waals surface area (Å²) >= 11 is 5.29. The second-order valence-electron chi connectivity index (χ2n) is 5.68. The van der Waals surface area contributed by atoms with Crippen LogP contribution >= 0.6 is 27.3 Å². The minimum atomic E-state index is 0.220. The molecule has 0 radical (unpaired) electrons. The number of piperidine rings is 2. The normalized spacial score (nSPS) is 28.8. The summed E-state index contributed by atoms with van der Waals surface area (Å²) in [5.74, 6) is 0.802. The number of nitrogens with one attached hydrogen (secondary N) is 1. The van der Waals surface area contributed by atoms with E-state index in [1.54, 1.807) is 11.3 Å². The van der Waals surface area contributed by atoms with Crippen molar-refractivity contribution in [2.75, 3.05) is 19.6 Å². The molecule has 3 rings (SSSR count). The van der Waals surface area contributed by atoms with Crippen molar-refractivity contribution < 1.29 is 4.79 Å². The molecule has 110 valence electrons. The Bertz CT molecular complexity index is 493. The van der Waals surface area contributed by atoms with Crippen LogP contribution in [0.4, 0.5) is 0 Å². The predicted octanol–water partition coefficient (Wildman–Crippen LogP) is 2.11. The summed E-state index contributed by atoms with van der Waals surface area (Å²) < 4.78 is 1.13. The van der Waals surface area contributed by atoms with Crippen LogP contribution in [0.2, 0.25) is 0 Å². The smallest absolute Gasteiger partial charge is 0.220 e. The molecular weight excluding hydrogens is 338 g/mol. The van der Waals surface area contributed by atoms with Crippen LogP contribution in [-0.2, 0) is 4.79 Å². The lowest BCUT2D eigenvalue weighted by molar-refractivity contribution is -0.125. The molecule has 20 heavy (non-hydrogen) atoms. The van der Waals surface area contributed by atoms with Crippen LogP contribution in [0.1, 0.15) is 30.2 Å². The highest BCUT2D eigenvalue weighted by Crippen LogP contribution is 2.33. The number of hydrogen-bond acceptors (Lipinski definition) is 4. The number of nitrogens with zero attached hydrogens (tertiary/aromatic N) is 1. The van der Waals surface area contributed by atoms with Gasteiger partial charge >= 0.3 is 0 Å². The first-order valence-corrected chi connectivity index (χ1v) is 8.82. The van der Waals surface area contributed by atoms with Crippen molar-refractivity contribution in [3.63, 3.8) is 0 Å². The third kappa shape index (κ3) is 2.93. The van der Waals surface area contributed by atoms with Gasteiger partial charge in [0.05, 0.1) is 6.04 Å². The molecule has 1 amide bonds. The Hall–Kier alpha value is -0.430. The van der Waals surface area contributed by atoms with E-state index < -0.39 is 0 Å². The monoisotopic (exact) mass is 357 g/mol. The molecule has 0 bridgehead atoms. The summed E-state index contributed by atoms with van der Waals surface area (Å²) in [6.07, 6.45) is 2.73. The van der Waals surface area contributed by atoms with E-state index in [0.717, 1.165) is 30.4 Å². The maximum absolute atomic E-state index is 11.5. The van der Waals surface area contributed by atoms with Crippen molar-refractivity contribution >= 4 is 33.2 Å². The van der Waals surface area contributed by atoms with E-state index in [1.165, 1.54) is 4.88 Å². The first kappa shape index (κ1) is 14.5. The fourth-order valence-electron chi connectivity index (χ4n) is 3.37. The van der Waals surface area contributed by atoms with E-state index in [-0.39, 0.29) is 5.91 Å². The van der Waals surface area contributed by atoms with Gasteiger partial charge in [0.2, 0.25) is 5.91 Å². The molecule has 1 aromatic rings. The van der Waals surface area contributed by atoms with Crippen LogP contribution in [-0.4, -0.2) is 36.5 Å². The van der Waals surface area contributed by atoms with Gasteiger partial charge in [-0.05, 0) is 40.8 Å². The fourth-order valence-corrected chi connectivity index (χ4v) is 4.96. The highest BCUT2D eigenvalue weighted by Gasteiger charge is 2.36. The summed E-state index contributed by atoms with van der Waals surface area (Å²) in [5, 5.41) is 5.25. The molecule has 0 saturated carbocycles. The topological polar surface area (TPSA) is 58.4 Å². The van der Waals surface area contributed by atoms with Gasteiger partial charge in [-0.1, -0.05) is 0 Å². The largest absolute Gasteiger partial charge is 0.353 e. The van der Waals surface area contributed by atoms with E-state index >= 15 is 0 Å². The predicted molar refractivity (Wildman–Crippen MR) is 84.7 cm³/mol. The van der Waals surface area contributed by atoms with Crippen molar-refractivity contribution in [3.05, 3.63) is 20.8 Å². The van der Waals surface area contributed by atoms with Crippen molar-refractivity contribution in [2.45, 2.75) is 31.3 Å². The molecule has 2 aliphatic heterocycles. The zero-order chi connectivity index (χ0) is 14.1. The van der Waals surface area contributed by atoms with Gasteiger partial charge in [0.15, 0.2) is 0 Å². The highest BCUT2D eigenvalue weighted by molar-refractivity contribution is 9.10. The summed E-state index contributed by atoms with van der Waals surface area (Å²) in [5.41, 5.74) is 6.01. The van der Waals surface area contributed by atoms with Crippen LogP contribution in [0.15, 0.2) is 15.9 Å². The fraction of sp³-hybridized carbons (Fsp3) is 0.643. The number of carbonyl (C=O) groups is 1. The maximum atomic E-state index is 11.5. The molecule has 3 N–H and O–H groups in total. The molecule has 1 aromatic heterocycles. The Labute approximate surface area is 131 Å². The summed E-state index contributed by atoms with van der Waals surface area (Å²) in [7, 11) is 0. The summed E-state index contributed by atoms with van der Waals surface area (Å²) in [6, 6.07) is 2.86. The zero-order valence-corrected chi connectivity index (χ0v) is 13.8. The van der Waals surface area contributed by atoms with Crippen LogP contribution in [0, 0.1) is 5.92 Å². The number of likely N-dealkylation sites (tertiary alicyclic amines) is 1. The number of hydrogen-bond donors (Lipinski definition) is 2. The minimum Gasteiger partial charge on any atom is -0.353 e. The molecule has 3 heterocycles.